The summed E-state index contributed by atoms with van der Waals surface area (Å²) in [7, 11) is 0. The summed E-state index contributed by atoms with van der Waals surface area (Å²) in [5, 5.41) is 16.1. The first-order valence-electron chi connectivity index (χ1n) is 7.26. The van der Waals surface area contributed by atoms with Crippen LogP contribution in [-0.2, 0) is 4.79 Å². The zero-order chi connectivity index (χ0) is 17.8. The summed E-state index contributed by atoms with van der Waals surface area (Å²) < 4.78 is 1.55. The SMILES string of the molecule is Cc1ccc(Cl)cc1NC(=O)CSc1nnnn1-c1ccc(Cl)cc1. The molecule has 0 atom stereocenters. The van der Waals surface area contributed by atoms with Crippen molar-refractivity contribution in [3.8, 4) is 5.69 Å². The van der Waals surface area contributed by atoms with Crippen LogP contribution in [0.15, 0.2) is 47.6 Å². The summed E-state index contributed by atoms with van der Waals surface area (Å²) >= 11 is 13.1. The van der Waals surface area contributed by atoms with Crippen LogP contribution in [-0.4, -0.2) is 31.9 Å². The molecule has 0 aliphatic rings. The fourth-order valence-corrected chi connectivity index (χ4v) is 3.05. The molecule has 2 aromatic carbocycles. The maximum absolute atomic E-state index is 12.2. The minimum atomic E-state index is -0.166. The van der Waals surface area contributed by atoms with E-state index in [0.717, 1.165) is 11.3 Å². The Balaban J connectivity index is 1.66. The van der Waals surface area contributed by atoms with Gasteiger partial charge in [-0.15, -0.1) is 5.10 Å². The molecule has 0 saturated heterocycles. The Kier molecular flexibility index (Phi) is 5.57. The molecule has 0 bridgehead atoms. The molecule has 1 aromatic heterocycles. The van der Waals surface area contributed by atoms with E-state index in [-0.39, 0.29) is 11.7 Å². The molecular weight excluding hydrogens is 381 g/mol. The van der Waals surface area contributed by atoms with E-state index in [1.807, 2.05) is 13.0 Å². The fraction of sp³-hybridized carbons (Fsp3) is 0.125. The molecule has 0 aliphatic carbocycles. The number of thioether (sulfide) groups is 1. The van der Waals surface area contributed by atoms with Crippen molar-refractivity contribution in [2.45, 2.75) is 12.1 Å². The van der Waals surface area contributed by atoms with Crippen LogP contribution >= 0.6 is 35.0 Å². The van der Waals surface area contributed by atoms with E-state index in [1.165, 1.54) is 11.8 Å². The molecule has 1 heterocycles. The number of hydrogen-bond acceptors (Lipinski definition) is 5. The molecule has 0 aliphatic heterocycles. The van der Waals surface area contributed by atoms with Crippen molar-refractivity contribution in [2.75, 3.05) is 11.1 Å². The summed E-state index contributed by atoms with van der Waals surface area (Å²) in [5.74, 6) is 0.000864. The molecule has 0 unspecified atom stereocenters. The van der Waals surface area contributed by atoms with Crippen molar-refractivity contribution in [2.24, 2.45) is 0 Å². The molecule has 6 nitrogen and oxygen atoms in total. The highest BCUT2D eigenvalue weighted by molar-refractivity contribution is 7.99. The fourth-order valence-electron chi connectivity index (χ4n) is 2.06. The third-order valence-electron chi connectivity index (χ3n) is 3.32. The number of hydrogen-bond donors (Lipinski definition) is 1. The lowest BCUT2D eigenvalue weighted by atomic mass is 10.2. The maximum Gasteiger partial charge on any atom is 0.234 e. The highest BCUT2D eigenvalue weighted by atomic mass is 35.5. The van der Waals surface area contributed by atoms with Gasteiger partial charge in [-0.1, -0.05) is 41.0 Å². The lowest BCUT2D eigenvalue weighted by Gasteiger charge is -2.08. The van der Waals surface area contributed by atoms with Crippen LogP contribution < -0.4 is 5.32 Å². The number of nitrogens with zero attached hydrogens (tertiary/aromatic N) is 4. The van der Waals surface area contributed by atoms with Gasteiger partial charge >= 0.3 is 0 Å². The quantitative estimate of drug-likeness (QED) is 0.662. The highest BCUT2D eigenvalue weighted by Crippen LogP contribution is 2.22. The summed E-state index contributed by atoms with van der Waals surface area (Å²) in [4.78, 5) is 12.2. The van der Waals surface area contributed by atoms with Gasteiger partial charge in [0.25, 0.3) is 0 Å². The number of aryl methyl sites for hydroxylation is 1. The largest absolute Gasteiger partial charge is 0.325 e. The molecule has 0 spiro atoms. The monoisotopic (exact) mass is 393 g/mol. The van der Waals surface area contributed by atoms with Crippen LogP contribution in [0.1, 0.15) is 5.56 Å². The number of nitrogens with one attached hydrogen (secondary N) is 1. The molecule has 0 saturated carbocycles. The van der Waals surface area contributed by atoms with Gasteiger partial charge in [-0.25, -0.2) is 0 Å². The summed E-state index contributed by atoms with van der Waals surface area (Å²) in [6, 6.07) is 12.5. The number of halogens is 2. The summed E-state index contributed by atoms with van der Waals surface area (Å²) in [6.07, 6.45) is 0. The zero-order valence-corrected chi connectivity index (χ0v) is 15.4. The topological polar surface area (TPSA) is 72.7 Å². The van der Waals surface area contributed by atoms with E-state index in [9.17, 15) is 4.79 Å². The van der Waals surface area contributed by atoms with Gasteiger partial charge in [-0.05, 0) is 59.3 Å². The minimum absolute atomic E-state index is 0.166. The molecule has 0 radical (unpaired) electrons. The smallest absolute Gasteiger partial charge is 0.234 e. The minimum Gasteiger partial charge on any atom is -0.325 e. The Morgan fingerprint density at radius 3 is 2.64 bits per heavy atom. The number of tetrazole rings is 1. The molecule has 25 heavy (non-hydrogen) atoms. The highest BCUT2D eigenvalue weighted by Gasteiger charge is 2.12. The van der Waals surface area contributed by atoms with Gasteiger partial charge in [0.2, 0.25) is 11.1 Å². The van der Waals surface area contributed by atoms with Crippen LogP contribution in [0, 0.1) is 6.92 Å². The van der Waals surface area contributed by atoms with E-state index >= 15 is 0 Å². The predicted molar refractivity (Wildman–Crippen MR) is 99.7 cm³/mol. The van der Waals surface area contributed by atoms with Crippen molar-refractivity contribution in [1.29, 1.82) is 0 Å². The molecule has 3 rings (SSSR count). The lowest BCUT2D eigenvalue weighted by Crippen LogP contribution is -2.15. The van der Waals surface area contributed by atoms with Crippen LogP contribution in [0.25, 0.3) is 5.69 Å². The number of amides is 1. The molecule has 1 N–H and O–H groups in total. The zero-order valence-electron chi connectivity index (χ0n) is 13.1. The van der Waals surface area contributed by atoms with Gasteiger partial charge in [0.05, 0.1) is 11.4 Å². The van der Waals surface area contributed by atoms with Gasteiger partial charge in [0.15, 0.2) is 0 Å². The number of carbonyl (C=O) groups is 1. The van der Waals surface area contributed by atoms with E-state index in [0.29, 0.717) is 20.9 Å². The van der Waals surface area contributed by atoms with Crippen molar-refractivity contribution >= 4 is 46.6 Å². The molecule has 128 valence electrons. The number of aromatic nitrogens is 4. The van der Waals surface area contributed by atoms with Crippen LogP contribution in [0.5, 0.6) is 0 Å². The van der Waals surface area contributed by atoms with Gasteiger partial charge in [-0.3, -0.25) is 4.79 Å². The molecule has 1 amide bonds. The standard InChI is InChI=1S/C16H13Cl2N5OS/c1-10-2-3-12(18)8-14(10)19-15(24)9-25-16-20-21-22-23(16)13-6-4-11(17)5-7-13/h2-8H,9H2,1H3,(H,19,24). The van der Waals surface area contributed by atoms with Gasteiger partial charge in [0, 0.05) is 15.7 Å². The Bertz CT molecular complexity index is 898. The van der Waals surface area contributed by atoms with Crippen LogP contribution in [0.3, 0.4) is 0 Å². The molecule has 9 heteroatoms. The Morgan fingerprint density at radius 2 is 1.88 bits per heavy atom. The molecular formula is C16H13Cl2N5OS. The third-order valence-corrected chi connectivity index (χ3v) is 4.72. The first kappa shape index (κ1) is 17.7. The van der Waals surface area contributed by atoms with Crippen molar-refractivity contribution < 1.29 is 4.79 Å². The normalized spacial score (nSPS) is 10.7. The maximum atomic E-state index is 12.2. The van der Waals surface area contributed by atoms with E-state index in [4.69, 9.17) is 23.2 Å². The number of benzene rings is 2. The molecule has 0 fully saturated rings. The Hall–Kier alpha value is -2.09. The van der Waals surface area contributed by atoms with Crippen molar-refractivity contribution in [1.82, 2.24) is 20.2 Å². The third kappa shape index (κ3) is 4.50. The van der Waals surface area contributed by atoms with Crippen LogP contribution in [0.4, 0.5) is 5.69 Å². The van der Waals surface area contributed by atoms with E-state index in [1.54, 1.807) is 41.1 Å². The van der Waals surface area contributed by atoms with Crippen LogP contribution in [0.2, 0.25) is 10.0 Å². The van der Waals surface area contributed by atoms with Crippen molar-refractivity contribution in [3.05, 3.63) is 58.1 Å². The van der Waals surface area contributed by atoms with Gasteiger partial charge in [0.1, 0.15) is 0 Å². The number of anilines is 1. The second-order valence-electron chi connectivity index (χ2n) is 5.15. The first-order chi connectivity index (χ1) is 12.0. The Morgan fingerprint density at radius 1 is 1.16 bits per heavy atom. The predicted octanol–water partition coefficient (Wildman–Crippen LogP) is 4.01. The summed E-state index contributed by atoms with van der Waals surface area (Å²) in [5.41, 5.74) is 2.40. The van der Waals surface area contributed by atoms with E-state index < -0.39 is 0 Å². The average molecular weight is 394 g/mol. The Labute approximate surface area is 158 Å². The average Bonchev–Trinajstić information content (AvgIpc) is 3.05. The van der Waals surface area contributed by atoms with E-state index in [2.05, 4.69) is 20.8 Å². The first-order valence-corrected chi connectivity index (χ1v) is 9.00. The van der Waals surface area contributed by atoms with Gasteiger partial charge in [-0.2, -0.15) is 4.68 Å². The second kappa shape index (κ2) is 7.86. The number of carbonyl (C=O) groups excluding carboxylic acids is 1. The van der Waals surface area contributed by atoms with Gasteiger partial charge < -0.3 is 5.32 Å². The van der Waals surface area contributed by atoms with Crippen molar-refractivity contribution in [3.63, 3.8) is 0 Å². The molecule has 3 aromatic rings. The lowest BCUT2D eigenvalue weighted by molar-refractivity contribution is -0.113. The summed E-state index contributed by atoms with van der Waals surface area (Å²) in [6.45, 7) is 1.90. The number of rotatable bonds is 5. The second-order valence-corrected chi connectivity index (χ2v) is 6.96.